The van der Waals surface area contributed by atoms with Crippen LogP contribution in [-0.4, -0.2) is 12.5 Å². The lowest BCUT2D eigenvalue weighted by Crippen LogP contribution is -2.15. The number of aryl methyl sites for hydroxylation is 1. The van der Waals surface area contributed by atoms with Crippen molar-refractivity contribution in [1.29, 1.82) is 0 Å². The number of carbonyl (C=O) groups excluding carboxylic acids is 1. The second-order valence-electron chi connectivity index (χ2n) is 4.20. The Hall–Kier alpha value is -2.43. The second-order valence-corrected chi connectivity index (χ2v) is 4.20. The first-order chi connectivity index (χ1) is 9.56. The second kappa shape index (κ2) is 6.14. The Labute approximate surface area is 115 Å². The number of ether oxygens (including phenoxy) is 1. The monoisotopic (exact) mass is 277 g/mol. The summed E-state index contributed by atoms with van der Waals surface area (Å²) in [6, 6.07) is 13.1. The van der Waals surface area contributed by atoms with Crippen LogP contribution in [0.2, 0.25) is 0 Å². The van der Waals surface area contributed by atoms with E-state index in [9.17, 15) is 13.6 Å². The number of nitrogens with one attached hydrogen (secondary N) is 1. The number of halogens is 2. The van der Waals surface area contributed by atoms with E-state index in [2.05, 4.69) is 10.1 Å². The summed E-state index contributed by atoms with van der Waals surface area (Å²) in [5, 5.41) is 2.65. The van der Waals surface area contributed by atoms with E-state index in [1.807, 2.05) is 13.0 Å². The minimum absolute atomic E-state index is 0.0642. The Kier molecular flexibility index (Phi) is 4.30. The normalized spacial score (nSPS) is 10.4. The van der Waals surface area contributed by atoms with Crippen molar-refractivity contribution in [2.75, 3.05) is 5.32 Å². The highest BCUT2D eigenvalue weighted by Crippen LogP contribution is 2.21. The van der Waals surface area contributed by atoms with Crippen LogP contribution in [0.4, 0.5) is 14.5 Å². The molecule has 2 aromatic carbocycles. The molecule has 0 saturated heterocycles. The highest BCUT2D eigenvalue weighted by molar-refractivity contribution is 6.06. The van der Waals surface area contributed by atoms with Gasteiger partial charge >= 0.3 is 6.61 Å². The van der Waals surface area contributed by atoms with Crippen LogP contribution in [0.25, 0.3) is 0 Å². The maximum Gasteiger partial charge on any atom is 0.387 e. The molecule has 0 saturated carbocycles. The van der Waals surface area contributed by atoms with E-state index in [-0.39, 0.29) is 11.3 Å². The Morgan fingerprint density at radius 1 is 1.15 bits per heavy atom. The number of anilines is 1. The van der Waals surface area contributed by atoms with E-state index < -0.39 is 12.5 Å². The summed E-state index contributed by atoms with van der Waals surface area (Å²) >= 11 is 0. The number of para-hydroxylation sites is 1. The standard InChI is InChI=1S/C15H13F2NO2/c1-10-5-4-6-11(9-10)18-14(19)12-7-2-3-8-13(12)20-15(16)17/h2-9,15H,1H3,(H,18,19). The predicted molar refractivity (Wildman–Crippen MR) is 72.2 cm³/mol. The van der Waals surface area contributed by atoms with E-state index in [4.69, 9.17) is 0 Å². The molecule has 0 radical (unpaired) electrons. The third kappa shape index (κ3) is 3.54. The minimum Gasteiger partial charge on any atom is -0.434 e. The molecule has 2 rings (SSSR count). The third-order valence-corrected chi connectivity index (χ3v) is 2.62. The number of hydrogen-bond acceptors (Lipinski definition) is 2. The molecule has 3 nitrogen and oxygen atoms in total. The Bertz CT molecular complexity index is 614. The first-order valence-corrected chi connectivity index (χ1v) is 5.98. The molecular weight excluding hydrogens is 264 g/mol. The molecular formula is C15H13F2NO2. The van der Waals surface area contributed by atoms with Gasteiger partial charge in [0.05, 0.1) is 5.56 Å². The van der Waals surface area contributed by atoms with Crippen molar-refractivity contribution in [2.24, 2.45) is 0 Å². The van der Waals surface area contributed by atoms with E-state index in [0.29, 0.717) is 5.69 Å². The molecule has 0 aliphatic rings. The first kappa shape index (κ1) is 14.0. The van der Waals surface area contributed by atoms with Gasteiger partial charge in [-0.15, -0.1) is 0 Å². The highest BCUT2D eigenvalue weighted by atomic mass is 19.3. The van der Waals surface area contributed by atoms with E-state index >= 15 is 0 Å². The zero-order valence-electron chi connectivity index (χ0n) is 10.8. The summed E-state index contributed by atoms with van der Waals surface area (Å²) < 4.78 is 28.9. The fourth-order valence-corrected chi connectivity index (χ4v) is 1.77. The fraction of sp³-hybridized carbons (Fsp3) is 0.133. The van der Waals surface area contributed by atoms with Gasteiger partial charge < -0.3 is 10.1 Å². The number of alkyl halides is 2. The molecule has 0 heterocycles. The smallest absolute Gasteiger partial charge is 0.387 e. The molecule has 104 valence electrons. The quantitative estimate of drug-likeness (QED) is 0.921. The largest absolute Gasteiger partial charge is 0.434 e. The van der Waals surface area contributed by atoms with Crippen LogP contribution in [-0.2, 0) is 0 Å². The summed E-state index contributed by atoms with van der Waals surface area (Å²) in [5.41, 5.74) is 1.65. The van der Waals surface area contributed by atoms with Crippen LogP contribution in [0.5, 0.6) is 5.75 Å². The topological polar surface area (TPSA) is 38.3 Å². The van der Waals surface area contributed by atoms with Gasteiger partial charge in [0.15, 0.2) is 0 Å². The Balaban J connectivity index is 2.21. The summed E-state index contributed by atoms with van der Waals surface area (Å²) in [6.07, 6.45) is 0. The maximum absolute atomic E-state index is 12.3. The van der Waals surface area contributed by atoms with Crippen molar-refractivity contribution in [3.05, 3.63) is 59.7 Å². The van der Waals surface area contributed by atoms with Crippen LogP contribution in [0.15, 0.2) is 48.5 Å². The Morgan fingerprint density at radius 3 is 2.60 bits per heavy atom. The molecule has 0 atom stereocenters. The van der Waals surface area contributed by atoms with Gasteiger partial charge in [0.2, 0.25) is 0 Å². The molecule has 0 bridgehead atoms. The zero-order valence-corrected chi connectivity index (χ0v) is 10.8. The van der Waals surface area contributed by atoms with Crippen molar-refractivity contribution in [3.8, 4) is 5.75 Å². The molecule has 0 aromatic heterocycles. The number of hydrogen-bond donors (Lipinski definition) is 1. The van der Waals surface area contributed by atoms with Crippen LogP contribution in [0.3, 0.4) is 0 Å². The van der Waals surface area contributed by atoms with Crippen LogP contribution in [0, 0.1) is 6.92 Å². The number of rotatable bonds is 4. The SMILES string of the molecule is Cc1cccc(NC(=O)c2ccccc2OC(F)F)c1. The lowest BCUT2D eigenvalue weighted by atomic mass is 10.1. The molecule has 5 heteroatoms. The highest BCUT2D eigenvalue weighted by Gasteiger charge is 2.15. The van der Waals surface area contributed by atoms with Gasteiger partial charge in [-0.3, -0.25) is 4.79 Å². The molecule has 1 N–H and O–H groups in total. The maximum atomic E-state index is 12.3. The average molecular weight is 277 g/mol. The van der Waals surface area contributed by atoms with Crippen LogP contribution >= 0.6 is 0 Å². The van der Waals surface area contributed by atoms with E-state index in [1.54, 1.807) is 24.3 Å². The van der Waals surface area contributed by atoms with Gasteiger partial charge in [0.25, 0.3) is 5.91 Å². The van der Waals surface area contributed by atoms with E-state index in [1.165, 1.54) is 18.2 Å². The van der Waals surface area contributed by atoms with Crippen molar-refractivity contribution in [1.82, 2.24) is 0 Å². The molecule has 0 unspecified atom stereocenters. The molecule has 0 aliphatic heterocycles. The predicted octanol–water partition coefficient (Wildman–Crippen LogP) is 3.85. The summed E-state index contributed by atoms with van der Waals surface area (Å²) in [4.78, 5) is 12.1. The molecule has 20 heavy (non-hydrogen) atoms. The molecule has 1 amide bonds. The fourth-order valence-electron chi connectivity index (χ4n) is 1.77. The van der Waals surface area contributed by atoms with Crippen molar-refractivity contribution in [3.63, 3.8) is 0 Å². The summed E-state index contributed by atoms with van der Waals surface area (Å²) in [7, 11) is 0. The van der Waals surface area contributed by atoms with Gasteiger partial charge in [0.1, 0.15) is 5.75 Å². The first-order valence-electron chi connectivity index (χ1n) is 5.98. The van der Waals surface area contributed by atoms with Crippen molar-refractivity contribution in [2.45, 2.75) is 13.5 Å². The lowest BCUT2D eigenvalue weighted by Gasteiger charge is -2.11. The molecule has 0 spiro atoms. The van der Waals surface area contributed by atoms with Crippen LogP contribution in [0.1, 0.15) is 15.9 Å². The Morgan fingerprint density at radius 2 is 1.90 bits per heavy atom. The lowest BCUT2D eigenvalue weighted by molar-refractivity contribution is -0.0501. The van der Waals surface area contributed by atoms with Gasteiger partial charge in [-0.25, -0.2) is 0 Å². The van der Waals surface area contributed by atoms with Crippen molar-refractivity contribution >= 4 is 11.6 Å². The van der Waals surface area contributed by atoms with E-state index in [0.717, 1.165) is 5.56 Å². The molecule has 2 aromatic rings. The zero-order chi connectivity index (χ0) is 14.5. The third-order valence-electron chi connectivity index (χ3n) is 2.62. The summed E-state index contributed by atoms with van der Waals surface area (Å²) in [5.74, 6) is -0.639. The van der Waals surface area contributed by atoms with Gasteiger partial charge in [-0.1, -0.05) is 24.3 Å². The number of benzene rings is 2. The molecule has 0 fully saturated rings. The minimum atomic E-state index is -2.97. The number of amides is 1. The number of carbonyl (C=O) groups is 1. The average Bonchev–Trinajstić information content (AvgIpc) is 2.38. The molecule has 0 aliphatic carbocycles. The van der Waals surface area contributed by atoms with Gasteiger partial charge in [-0.05, 0) is 36.8 Å². The van der Waals surface area contributed by atoms with Gasteiger partial charge in [-0.2, -0.15) is 8.78 Å². The van der Waals surface area contributed by atoms with Gasteiger partial charge in [0, 0.05) is 5.69 Å². The van der Waals surface area contributed by atoms with Crippen LogP contribution < -0.4 is 10.1 Å². The van der Waals surface area contributed by atoms with Crippen molar-refractivity contribution < 1.29 is 18.3 Å². The summed E-state index contributed by atoms with van der Waals surface area (Å²) in [6.45, 7) is -1.08.